The predicted octanol–water partition coefficient (Wildman–Crippen LogP) is 1.43. The van der Waals surface area contributed by atoms with Crippen LogP contribution in [-0.2, 0) is 23.9 Å². The average Bonchev–Trinajstić information content (AvgIpc) is 3.22. The maximum absolute atomic E-state index is 13.9. The third-order valence-electron chi connectivity index (χ3n) is 9.38. The number of carbonyl (C=O) groups is 4. The van der Waals surface area contributed by atoms with Gasteiger partial charge in [0.2, 0.25) is 11.8 Å². The summed E-state index contributed by atoms with van der Waals surface area (Å²) in [5.41, 5.74) is 34.9. The summed E-state index contributed by atoms with van der Waals surface area (Å²) in [5.74, 6) is -2.45. The number of anilines is 2. The van der Waals surface area contributed by atoms with Crippen molar-refractivity contribution in [1.29, 1.82) is 0 Å². The van der Waals surface area contributed by atoms with Crippen molar-refractivity contribution < 1.29 is 28.7 Å². The van der Waals surface area contributed by atoms with Gasteiger partial charge in [-0.3, -0.25) is 29.4 Å². The Morgan fingerprint density at radius 3 is 1.78 bits per heavy atom. The number of nitrogens with two attached hydrogens (primary N) is 6. The molecule has 19 nitrogen and oxygen atoms in total. The van der Waals surface area contributed by atoms with Gasteiger partial charge in [-0.15, -0.1) is 0 Å². The molecule has 0 aromatic heterocycles. The Hall–Kier alpha value is -5.92. The number of hydrogen-bond donors (Lipinski definition) is 9. The lowest BCUT2D eigenvalue weighted by Gasteiger charge is -2.33. The largest absolute Gasteiger partial charge is 0.484 e. The Labute approximate surface area is 356 Å². The second-order valence-corrected chi connectivity index (χ2v) is 15.2. The second-order valence-electron chi connectivity index (χ2n) is 14.2. The fraction of sp³-hybridized carbons (Fsp3) is 0.525. The van der Waals surface area contributed by atoms with E-state index < -0.39 is 41.8 Å². The number of nitrogens with zero attached hydrogens (tertiary/aromatic N) is 4. The summed E-state index contributed by atoms with van der Waals surface area (Å²) < 4.78 is 10.9. The SMILES string of the molecule is CCCCCCCN1c2ccccc2Sc2ccc(OCC(=O)N[C@@H](CCCN=C(N)N)C(=O)N[C@@H](CCCN=C(N)N)C(=O)N[C@@H](CCCN=C(N)N)C(=O)OC)cc21. The van der Waals surface area contributed by atoms with E-state index in [-0.39, 0.29) is 63.4 Å². The first kappa shape index (κ1) is 48.4. The van der Waals surface area contributed by atoms with Crippen LogP contribution in [-0.4, -0.2) is 99.6 Å². The Kier molecular flexibility index (Phi) is 21.2. The van der Waals surface area contributed by atoms with Gasteiger partial charge in [-0.25, -0.2) is 4.79 Å². The van der Waals surface area contributed by atoms with Crippen LogP contribution in [0.5, 0.6) is 5.75 Å². The van der Waals surface area contributed by atoms with Gasteiger partial charge in [0.1, 0.15) is 23.9 Å². The van der Waals surface area contributed by atoms with Gasteiger partial charge in [-0.1, -0.05) is 56.5 Å². The standard InChI is InChI=1S/C40H63N13O6S/c1-3-4-5-6-9-23-53-30-16-7-8-17-32(30)60-33-19-18-26(24-31(33)53)59-25-34(54)50-27(13-10-20-47-38(41)42)35(55)51-28(14-11-21-48-39(43)44)36(56)52-29(37(57)58-2)15-12-22-49-40(45)46/h7-8,16-19,24,27-29H,3-6,9-15,20-23,25H2,1-2H3,(H,50,54)(H,51,55)(H,52,56)(H4,41,42,47)(H4,43,44,48)(H4,45,46,49)/t27-,28-,29-/m0/s1. The quantitative estimate of drug-likeness (QED) is 0.0266. The Balaban J connectivity index is 1.76. The van der Waals surface area contributed by atoms with E-state index in [0.717, 1.165) is 35.7 Å². The van der Waals surface area contributed by atoms with E-state index >= 15 is 0 Å². The number of esters is 1. The molecular formula is C40H63N13O6S. The molecular weight excluding hydrogens is 791 g/mol. The van der Waals surface area contributed by atoms with Crippen LogP contribution in [0.3, 0.4) is 0 Å². The van der Waals surface area contributed by atoms with Crippen molar-refractivity contribution in [2.45, 2.75) is 105 Å². The molecule has 0 bridgehead atoms. The monoisotopic (exact) mass is 853 g/mol. The number of benzene rings is 2. The van der Waals surface area contributed by atoms with Crippen LogP contribution in [0.1, 0.15) is 77.6 Å². The molecule has 3 atom stereocenters. The summed E-state index contributed by atoms with van der Waals surface area (Å²) in [6.45, 7) is 3.22. The van der Waals surface area contributed by atoms with Crippen molar-refractivity contribution in [1.82, 2.24) is 16.0 Å². The van der Waals surface area contributed by atoms with Crippen molar-refractivity contribution in [2.75, 3.05) is 44.8 Å². The number of fused-ring (bicyclic) bond motifs is 2. The molecule has 3 rings (SSSR count). The topological polar surface area (TPSA) is 319 Å². The summed E-state index contributed by atoms with van der Waals surface area (Å²) in [6.07, 6.45) is 7.05. The number of amides is 3. The average molecular weight is 854 g/mol. The van der Waals surface area contributed by atoms with Crippen LogP contribution in [0, 0.1) is 0 Å². The van der Waals surface area contributed by atoms with Gasteiger partial charge in [0.05, 0.1) is 18.5 Å². The zero-order valence-corrected chi connectivity index (χ0v) is 35.5. The van der Waals surface area contributed by atoms with E-state index in [1.807, 2.05) is 30.3 Å². The van der Waals surface area contributed by atoms with Gasteiger partial charge in [-0.05, 0) is 69.2 Å². The molecule has 15 N–H and O–H groups in total. The second kappa shape index (κ2) is 26.2. The number of methoxy groups -OCH3 is 1. The maximum Gasteiger partial charge on any atom is 0.328 e. The molecule has 0 spiro atoms. The fourth-order valence-corrected chi connectivity index (χ4v) is 7.46. The predicted molar refractivity (Wildman–Crippen MR) is 236 cm³/mol. The minimum absolute atomic E-state index is 0.0882. The van der Waals surface area contributed by atoms with Crippen LogP contribution in [0.4, 0.5) is 11.4 Å². The van der Waals surface area contributed by atoms with Gasteiger partial charge < -0.3 is 64.7 Å². The molecule has 2 aromatic rings. The number of unbranched alkanes of at least 4 members (excludes halogenated alkanes) is 4. The molecule has 20 heteroatoms. The number of rotatable bonds is 27. The molecule has 0 unspecified atom stereocenters. The van der Waals surface area contributed by atoms with Gasteiger partial charge in [0.15, 0.2) is 24.5 Å². The maximum atomic E-state index is 13.9. The first-order chi connectivity index (χ1) is 28.8. The van der Waals surface area contributed by atoms with Crippen LogP contribution in [0.2, 0.25) is 0 Å². The highest BCUT2D eigenvalue weighted by Crippen LogP contribution is 2.49. The molecule has 0 saturated heterocycles. The van der Waals surface area contributed by atoms with Crippen molar-refractivity contribution >= 4 is 64.7 Å². The van der Waals surface area contributed by atoms with Gasteiger partial charge >= 0.3 is 5.97 Å². The molecule has 1 aliphatic rings. The molecule has 60 heavy (non-hydrogen) atoms. The van der Waals surface area contributed by atoms with E-state index in [9.17, 15) is 19.2 Å². The molecule has 0 fully saturated rings. The van der Waals surface area contributed by atoms with Crippen LogP contribution < -0.4 is 60.0 Å². The van der Waals surface area contributed by atoms with Gasteiger partial charge in [-0.2, -0.15) is 0 Å². The van der Waals surface area contributed by atoms with E-state index in [0.29, 0.717) is 25.0 Å². The van der Waals surface area contributed by atoms with E-state index in [4.69, 9.17) is 43.9 Å². The van der Waals surface area contributed by atoms with Crippen molar-refractivity contribution in [3.05, 3.63) is 42.5 Å². The van der Waals surface area contributed by atoms with Gasteiger partial charge in [0, 0.05) is 42.0 Å². The lowest BCUT2D eigenvalue weighted by atomic mass is 10.1. The summed E-state index contributed by atoms with van der Waals surface area (Å²) in [7, 11) is 1.19. The third kappa shape index (κ3) is 17.1. The lowest BCUT2D eigenvalue weighted by molar-refractivity contribution is -0.145. The third-order valence-corrected chi connectivity index (χ3v) is 10.5. The van der Waals surface area contributed by atoms with E-state index in [1.165, 1.54) is 31.3 Å². The number of aliphatic imine (C=N–C) groups is 3. The molecule has 0 saturated carbocycles. The van der Waals surface area contributed by atoms with Crippen molar-refractivity contribution in [3.63, 3.8) is 0 Å². The summed E-state index contributed by atoms with van der Waals surface area (Å²) in [5, 5.41) is 8.14. The molecule has 3 amide bonds. The smallest absolute Gasteiger partial charge is 0.328 e. The number of guanidine groups is 3. The number of hydrogen-bond acceptors (Lipinski definition) is 11. The molecule has 1 aliphatic heterocycles. The minimum Gasteiger partial charge on any atom is -0.484 e. The summed E-state index contributed by atoms with van der Waals surface area (Å²) in [6, 6.07) is 10.7. The highest BCUT2D eigenvalue weighted by molar-refractivity contribution is 7.99. The molecule has 1 heterocycles. The van der Waals surface area contributed by atoms with Gasteiger partial charge in [0.25, 0.3) is 5.91 Å². The first-order valence-electron chi connectivity index (χ1n) is 20.3. The number of nitrogens with one attached hydrogen (secondary N) is 3. The lowest BCUT2D eigenvalue weighted by Crippen LogP contribution is -2.56. The van der Waals surface area contributed by atoms with E-state index in [2.05, 4.69) is 54.9 Å². The Bertz CT molecular complexity index is 1800. The summed E-state index contributed by atoms with van der Waals surface area (Å²) >= 11 is 1.69. The fourth-order valence-electron chi connectivity index (χ4n) is 6.38. The molecule has 0 radical (unpaired) electrons. The first-order valence-corrected chi connectivity index (χ1v) is 21.1. The minimum atomic E-state index is -1.15. The van der Waals surface area contributed by atoms with Crippen molar-refractivity contribution in [3.8, 4) is 5.75 Å². The zero-order chi connectivity index (χ0) is 43.9. The normalized spacial score (nSPS) is 12.9. The number of para-hydroxylation sites is 1. The van der Waals surface area contributed by atoms with E-state index in [1.54, 1.807) is 11.8 Å². The molecule has 2 aromatic carbocycles. The molecule has 330 valence electrons. The van der Waals surface area contributed by atoms with Crippen LogP contribution >= 0.6 is 11.8 Å². The highest BCUT2D eigenvalue weighted by atomic mass is 32.2. The summed E-state index contributed by atoms with van der Waals surface area (Å²) in [4.78, 5) is 70.0. The Morgan fingerprint density at radius 1 is 0.667 bits per heavy atom. The van der Waals surface area contributed by atoms with Crippen molar-refractivity contribution in [2.24, 2.45) is 49.4 Å². The van der Waals surface area contributed by atoms with Crippen LogP contribution in [0.25, 0.3) is 0 Å². The van der Waals surface area contributed by atoms with Crippen LogP contribution in [0.15, 0.2) is 67.2 Å². The zero-order valence-electron chi connectivity index (χ0n) is 34.7. The molecule has 0 aliphatic carbocycles. The Morgan fingerprint density at radius 2 is 1.20 bits per heavy atom. The highest BCUT2D eigenvalue weighted by Gasteiger charge is 2.30. The number of ether oxygens (including phenoxy) is 2. The number of carbonyl (C=O) groups excluding carboxylic acids is 4.